The molecular weight excluding hydrogens is 290 g/mol. The molecule has 0 spiro atoms. The Balaban J connectivity index is 2.20. The average molecular weight is 306 g/mol. The number of hydrogen-bond donors (Lipinski definition) is 1. The van der Waals surface area contributed by atoms with E-state index in [1.165, 1.54) is 0 Å². The topological polar surface area (TPSA) is 35.2 Å². The van der Waals surface area contributed by atoms with E-state index in [1.807, 2.05) is 49.4 Å². The smallest absolute Gasteiger partial charge is 0.130 e. The van der Waals surface area contributed by atoms with Crippen molar-refractivity contribution in [1.29, 1.82) is 0 Å². The maximum absolute atomic E-state index is 5.89. The highest BCUT2D eigenvalue weighted by Crippen LogP contribution is 2.27. The largest absolute Gasteiger partial charge is 0.457 e. The molecular formula is C15H16BrNO. The Hall–Kier alpha value is -1.32. The molecule has 0 fully saturated rings. The van der Waals surface area contributed by atoms with Gasteiger partial charge in [0.15, 0.2) is 0 Å². The molecule has 0 saturated heterocycles. The van der Waals surface area contributed by atoms with Crippen LogP contribution in [0, 0.1) is 0 Å². The van der Waals surface area contributed by atoms with Gasteiger partial charge in [-0.1, -0.05) is 34.1 Å². The predicted molar refractivity (Wildman–Crippen MR) is 78.0 cm³/mol. The van der Waals surface area contributed by atoms with Gasteiger partial charge in [0.25, 0.3) is 0 Å². The highest BCUT2D eigenvalue weighted by molar-refractivity contribution is 9.10. The summed E-state index contributed by atoms with van der Waals surface area (Å²) in [5, 5.41) is 0. The molecule has 0 aromatic heterocycles. The lowest BCUT2D eigenvalue weighted by Crippen LogP contribution is -2.18. The van der Waals surface area contributed by atoms with Crippen molar-refractivity contribution >= 4 is 15.9 Å². The second-order valence-corrected chi connectivity index (χ2v) is 5.26. The van der Waals surface area contributed by atoms with Gasteiger partial charge in [-0.3, -0.25) is 0 Å². The lowest BCUT2D eigenvalue weighted by Gasteiger charge is -2.12. The summed E-state index contributed by atoms with van der Waals surface area (Å²) in [6.45, 7) is 2.00. The molecule has 0 aliphatic heterocycles. The molecule has 0 radical (unpaired) electrons. The summed E-state index contributed by atoms with van der Waals surface area (Å²) < 4.78 is 6.93. The lowest BCUT2D eigenvalue weighted by molar-refractivity contribution is 0.474. The van der Waals surface area contributed by atoms with Gasteiger partial charge in [-0.05, 0) is 49.2 Å². The zero-order chi connectivity index (χ0) is 13.0. The number of nitrogens with two attached hydrogens (primary N) is 1. The highest BCUT2D eigenvalue weighted by Gasteiger charge is 2.06. The van der Waals surface area contributed by atoms with Gasteiger partial charge in [-0.2, -0.15) is 0 Å². The van der Waals surface area contributed by atoms with Crippen molar-refractivity contribution in [3.05, 3.63) is 58.6 Å². The van der Waals surface area contributed by atoms with E-state index in [9.17, 15) is 0 Å². The minimum atomic E-state index is 0.125. The Morgan fingerprint density at radius 1 is 1.11 bits per heavy atom. The number of ether oxygens (including phenoxy) is 1. The molecule has 2 rings (SSSR count). The van der Waals surface area contributed by atoms with Crippen LogP contribution >= 0.6 is 15.9 Å². The first-order valence-corrected chi connectivity index (χ1v) is 6.71. The van der Waals surface area contributed by atoms with Gasteiger partial charge < -0.3 is 10.5 Å². The van der Waals surface area contributed by atoms with Crippen molar-refractivity contribution < 1.29 is 4.74 Å². The van der Waals surface area contributed by atoms with Crippen LogP contribution in [0.5, 0.6) is 11.5 Å². The number of rotatable bonds is 4. The Bertz CT molecular complexity index is 508. The fourth-order valence-electron chi connectivity index (χ4n) is 1.75. The maximum atomic E-state index is 5.89. The summed E-state index contributed by atoms with van der Waals surface area (Å²) in [4.78, 5) is 0. The van der Waals surface area contributed by atoms with Crippen molar-refractivity contribution in [2.45, 2.75) is 19.4 Å². The molecule has 0 saturated carbocycles. The minimum Gasteiger partial charge on any atom is -0.457 e. The summed E-state index contributed by atoms with van der Waals surface area (Å²) in [7, 11) is 0. The Kier molecular flexibility index (Phi) is 4.39. The molecule has 0 heterocycles. The molecule has 0 amide bonds. The Labute approximate surface area is 116 Å². The number of halogens is 1. The number of benzene rings is 2. The second-order valence-electron chi connectivity index (χ2n) is 4.35. The number of para-hydroxylation sites is 1. The van der Waals surface area contributed by atoms with Crippen molar-refractivity contribution in [1.82, 2.24) is 0 Å². The van der Waals surface area contributed by atoms with Crippen LogP contribution in [-0.4, -0.2) is 6.04 Å². The fourth-order valence-corrected chi connectivity index (χ4v) is 2.01. The third-order valence-electron chi connectivity index (χ3n) is 2.56. The summed E-state index contributed by atoms with van der Waals surface area (Å²) >= 11 is 3.41. The first-order valence-electron chi connectivity index (χ1n) is 5.92. The van der Waals surface area contributed by atoms with E-state index in [0.29, 0.717) is 0 Å². The highest BCUT2D eigenvalue weighted by atomic mass is 79.9. The SMILES string of the molecule is CC(N)Cc1ccccc1Oc1ccc(Br)cc1. The van der Waals surface area contributed by atoms with Crippen LogP contribution in [-0.2, 0) is 6.42 Å². The van der Waals surface area contributed by atoms with E-state index in [-0.39, 0.29) is 6.04 Å². The van der Waals surface area contributed by atoms with Gasteiger partial charge >= 0.3 is 0 Å². The van der Waals surface area contributed by atoms with Crippen molar-refractivity contribution in [3.63, 3.8) is 0 Å². The first kappa shape index (κ1) is 13.1. The molecule has 0 aliphatic rings. The fraction of sp³-hybridized carbons (Fsp3) is 0.200. The molecule has 1 unspecified atom stereocenters. The standard InChI is InChI=1S/C15H16BrNO/c1-11(17)10-12-4-2-3-5-15(12)18-14-8-6-13(16)7-9-14/h2-9,11H,10,17H2,1H3. The van der Waals surface area contributed by atoms with Crippen LogP contribution in [0.1, 0.15) is 12.5 Å². The van der Waals surface area contributed by atoms with Crippen LogP contribution in [0.15, 0.2) is 53.0 Å². The van der Waals surface area contributed by atoms with Crippen LogP contribution in [0.25, 0.3) is 0 Å². The average Bonchev–Trinajstić information content (AvgIpc) is 2.34. The molecule has 94 valence electrons. The van der Waals surface area contributed by atoms with Crippen LogP contribution < -0.4 is 10.5 Å². The van der Waals surface area contributed by atoms with E-state index in [2.05, 4.69) is 22.0 Å². The summed E-state index contributed by atoms with van der Waals surface area (Å²) in [6.07, 6.45) is 0.812. The molecule has 2 aromatic carbocycles. The Morgan fingerprint density at radius 2 is 1.78 bits per heavy atom. The molecule has 0 bridgehead atoms. The van der Waals surface area contributed by atoms with Gasteiger partial charge in [0.05, 0.1) is 0 Å². The van der Waals surface area contributed by atoms with Crippen LogP contribution in [0.4, 0.5) is 0 Å². The van der Waals surface area contributed by atoms with Crippen molar-refractivity contribution in [2.24, 2.45) is 5.73 Å². The molecule has 2 N–H and O–H groups in total. The zero-order valence-corrected chi connectivity index (χ0v) is 11.9. The van der Waals surface area contributed by atoms with Crippen LogP contribution in [0.2, 0.25) is 0 Å². The Morgan fingerprint density at radius 3 is 2.44 bits per heavy atom. The summed E-state index contributed by atoms with van der Waals surface area (Å²) in [6, 6.07) is 15.9. The van der Waals surface area contributed by atoms with Gasteiger partial charge in [0.2, 0.25) is 0 Å². The maximum Gasteiger partial charge on any atom is 0.130 e. The lowest BCUT2D eigenvalue weighted by atomic mass is 10.1. The normalized spacial score (nSPS) is 12.2. The molecule has 18 heavy (non-hydrogen) atoms. The van der Waals surface area contributed by atoms with Gasteiger partial charge in [0.1, 0.15) is 11.5 Å². The first-order chi connectivity index (χ1) is 8.65. The van der Waals surface area contributed by atoms with Crippen molar-refractivity contribution in [2.75, 3.05) is 0 Å². The predicted octanol–water partition coefficient (Wildman–Crippen LogP) is 4.13. The monoisotopic (exact) mass is 305 g/mol. The second kappa shape index (κ2) is 6.03. The minimum absolute atomic E-state index is 0.125. The quantitative estimate of drug-likeness (QED) is 0.921. The van der Waals surface area contributed by atoms with E-state index in [4.69, 9.17) is 10.5 Å². The van der Waals surface area contributed by atoms with Crippen molar-refractivity contribution in [3.8, 4) is 11.5 Å². The zero-order valence-electron chi connectivity index (χ0n) is 10.3. The molecule has 2 nitrogen and oxygen atoms in total. The summed E-state index contributed by atoms with van der Waals surface area (Å²) in [5.41, 5.74) is 6.98. The van der Waals surface area contributed by atoms with E-state index < -0.39 is 0 Å². The molecule has 2 aromatic rings. The third kappa shape index (κ3) is 3.59. The van der Waals surface area contributed by atoms with Crippen LogP contribution in [0.3, 0.4) is 0 Å². The third-order valence-corrected chi connectivity index (χ3v) is 3.08. The molecule has 3 heteroatoms. The number of hydrogen-bond acceptors (Lipinski definition) is 2. The van der Waals surface area contributed by atoms with E-state index in [1.54, 1.807) is 0 Å². The van der Waals surface area contributed by atoms with Gasteiger partial charge in [-0.15, -0.1) is 0 Å². The molecule has 1 atom stereocenters. The van der Waals surface area contributed by atoms with Gasteiger partial charge in [-0.25, -0.2) is 0 Å². The van der Waals surface area contributed by atoms with E-state index >= 15 is 0 Å². The van der Waals surface area contributed by atoms with Gasteiger partial charge in [0, 0.05) is 10.5 Å². The molecule has 0 aliphatic carbocycles. The van der Waals surface area contributed by atoms with E-state index in [0.717, 1.165) is 28.0 Å². The summed E-state index contributed by atoms with van der Waals surface area (Å²) in [5.74, 6) is 1.70.